The molecule has 0 aliphatic carbocycles. The van der Waals surface area contributed by atoms with Gasteiger partial charge in [0.25, 0.3) is 5.56 Å². The Kier molecular flexibility index (Phi) is 6.96. The van der Waals surface area contributed by atoms with Crippen molar-refractivity contribution in [3.63, 3.8) is 0 Å². The summed E-state index contributed by atoms with van der Waals surface area (Å²) in [5.41, 5.74) is 8.57. The number of rotatable bonds is 8. The summed E-state index contributed by atoms with van der Waals surface area (Å²) in [5, 5.41) is 7.92. The lowest BCUT2D eigenvalue weighted by Crippen LogP contribution is -2.30. The van der Waals surface area contributed by atoms with Crippen molar-refractivity contribution in [3.8, 4) is 11.4 Å². The highest BCUT2D eigenvalue weighted by atomic mass is 16.5. The molecule has 0 saturated heterocycles. The van der Waals surface area contributed by atoms with E-state index in [2.05, 4.69) is 15.3 Å². The molecular weight excluding hydrogens is 498 g/mol. The molecule has 11 heteroatoms. The number of nitrogens with two attached hydrogens (primary N) is 1. The molecule has 0 amide bonds. The molecule has 3 N–H and O–H groups in total. The molecule has 3 aromatic heterocycles. The summed E-state index contributed by atoms with van der Waals surface area (Å²) in [6, 6.07) is 17.6. The van der Waals surface area contributed by atoms with Gasteiger partial charge < -0.3 is 20.5 Å². The number of carbonyl (C=O) groups is 1. The van der Waals surface area contributed by atoms with E-state index in [-0.39, 0.29) is 29.4 Å². The Bertz CT molecular complexity index is 1700. The molecule has 1 unspecified atom stereocenters. The average Bonchev–Trinajstić information content (AvgIpc) is 3.33. The molecule has 3 heterocycles. The van der Waals surface area contributed by atoms with Crippen molar-refractivity contribution in [3.05, 3.63) is 106 Å². The molecule has 0 aliphatic rings. The zero-order valence-electron chi connectivity index (χ0n) is 21.7. The second-order valence-corrected chi connectivity index (χ2v) is 8.90. The number of aromatic nitrogens is 5. The van der Waals surface area contributed by atoms with E-state index in [1.807, 2.05) is 50.2 Å². The number of hydrogen-bond acceptors (Lipinski definition) is 9. The molecule has 5 aromatic rings. The normalized spacial score (nSPS) is 11.8. The molecule has 0 spiro atoms. The Morgan fingerprint density at radius 3 is 2.54 bits per heavy atom. The predicted octanol–water partition coefficient (Wildman–Crippen LogP) is 3.70. The van der Waals surface area contributed by atoms with Gasteiger partial charge in [0, 0.05) is 6.20 Å². The average molecular weight is 526 g/mol. The van der Waals surface area contributed by atoms with Crippen molar-refractivity contribution in [2.75, 3.05) is 18.2 Å². The van der Waals surface area contributed by atoms with Crippen LogP contribution in [0.4, 0.5) is 11.6 Å². The molecule has 39 heavy (non-hydrogen) atoms. The molecule has 11 nitrogen and oxygen atoms in total. The van der Waals surface area contributed by atoms with Crippen LogP contribution in [0.5, 0.6) is 5.75 Å². The smallest absolute Gasteiger partial charge is 0.346 e. The van der Waals surface area contributed by atoms with E-state index in [0.717, 1.165) is 11.1 Å². The second-order valence-electron chi connectivity index (χ2n) is 8.90. The minimum Gasteiger partial charge on any atom is -0.497 e. The zero-order valence-corrected chi connectivity index (χ0v) is 21.7. The molecule has 5 rings (SSSR count). The van der Waals surface area contributed by atoms with Crippen molar-refractivity contribution in [2.45, 2.75) is 26.5 Å². The lowest BCUT2D eigenvalue weighted by Gasteiger charge is -2.21. The summed E-state index contributed by atoms with van der Waals surface area (Å²) in [5.74, 6) is 0.534. The lowest BCUT2D eigenvalue weighted by atomic mass is 10.2. The van der Waals surface area contributed by atoms with Crippen LogP contribution in [-0.4, -0.2) is 37.2 Å². The van der Waals surface area contributed by atoms with E-state index in [1.54, 1.807) is 46.7 Å². The quantitative estimate of drug-likeness (QED) is 0.290. The minimum absolute atomic E-state index is 0.00986. The molecule has 198 valence electrons. The largest absolute Gasteiger partial charge is 0.497 e. The van der Waals surface area contributed by atoms with Crippen LogP contribution >= 0.6 is 0 Å². The van der Waals surface area contributed by atoms with Gasteiger partial charge in [0.15, 0.2) is 5.82 Å². The zero-order chi connectivity index (χ0) is 27.5. The second kappa shape index (κ2) is 10.7. The van der Waals surface area contributed by atoms with Gasteiger partial charge in [-0.25, -0.2) is 19.3 Å². The summed E-state index contributed by atoms with van der Waals surface area (Å²) in [6.07, 6.45) is 2.99. The number of benzene rings is 2. The first-order valence-corrected chi connectivity index (χ1v) is 12.2. The predicted molar refractivity (Wildman–Crippen MR) is 146 cm³/mol. The first kappa shape index (κ1) is 25.5. The Hall–Kier alpha value is -5.19. The highest BCUT2D eigenvalue weighted by molar-refractivity contribution is 5.99. The van der Waals surface area contributed by atoms with Gasteiger partial charge >= 0.3 is 5.97 Å². The van der Waals surface area contributed by atoms with E-state index in [9.17, 15) is 9.59 Å². The number of carbonyl (C=O) groups excluding carboxylic acids is 1. The van der Waals surface area contributed by atoms with Crippen LogP contribution in [0.3, 0.4) is 0 Å². The van der Waals surface area contributed by atoms with E-state index >= 15 is 0 Å². The van der Waals surface area contributed by atoms with Gasteiger partial charge in [-0.2, -0.15) is 5.10 Å². The van der Waals surface area contributed by atoms with E-state index < -0.39 is 12.0 Å². The van der Waals surface area contributed by atoms with Crippen LogP contribution in [-0.2, 0) is 11.3 Å². The molecule has 0 aliphatic heterocycles. The van der Waals surface area contributed by atoms with Gasteiger partial charge in [-0.05, 0) is 55.3 Å². The highest BCUT2D eigenvalue weighted by Crippen LogP contribution is 2.25. The monoisotopic (exact) mass is 525 g/mol. The van der Waals surface area contributed by atoms with Gasteiger partial charge in [0.2, 0.25) is 0 Å². The fourth-order valence-corrected chi connectivity index (χ4v) is 4.26. The number of nitrogens with one attached hydrogen (secondary N) is 1. The van der Waals surface area contributed by atoms with Crippen LogP contribution in [0, 0.1) is 6.92 Å². The minimum atomic E-state index is -0.691. The Balaban J connectivity index is 1.48. The number of anilines is 2. The fourth-order valence-electron chi connectivity index (χ4n) is 4.26. The van der Waals surface area contributed by atoms with Crippen molar-refractivity contribution in [1.29, 1.82) is 0 Å². The highest BCUT2D eigenvalue weighted by Gasteiger charge is 2.24. The number of esters is 1. The standard InChI is InChI=1S/C28H27N7O4/c1-17-13-14-34-23(17)27(36)35(20-7-5-4-6-8-20)26(33-34)18(2)32-25-22(24(29)30-16-31-25)28(37)39-15-19-9-11-21(38-3)12-10-19/h4-14,16,18H,15H2,1-3H3,(H3,29,30,31,32). The van der Waals surface area contributed by atoms with Crippen LogP contribution in [0.25, 0.3) is 11.2 Å². The number of nitrogen functional groups attached to an aromatic ring is 1. The Labute approximate surface area is 223 Å². The molecule has 0 fully saturated rings. The molecule has 1 atom stereocenters. The van der Waals surface area contributed by atoms with Crippen molar-refractivity contribution < 1.29 is 14.3 Å². The van der Waals surface area contributed by atoms with E-state index in [1.165, 1.54) is 6.33 Å². The summed E-state index contributed by atoms with van der Waals surface area (Å²) < 4.78 is 13.8. The summed E-state index contributed by atoms with van der Waals surface area (Å²) in [4.78, 5) is 35.0. The van der Waals surface area contributed by atoms with E-state index in [0.29, 0.717) is 22.8 Å². The van der Waals surface area contributed by atoms with Gasteiger partial charge in [0.05, 0.1) is 18.8 Å². The topological polar surface area (TPSA) is 139 Å². The third kappa shape index (κ3) is 5.01. The van der Waals surface area contributed by atoms with Crippen LogP contribution in [0.1, 0.15) is 40.3 Å². The van der Waals surface area contributed by atoms with Gasteiger partial charge in [-0.3, -0.25) is 9.36 Å². The van der Waals surface area contributed by atoms with E-state index in [4.69, 9.17) is 20.3 Å². The van der Waals surface area contributed by atoms with Crippen LogP contribution < -0.4 is 21.3 Å². The Morgan fingerprint density at radius 2 is 1.82 bits per heavy atom. The first-order valence-electron chi connectivity index (χ1n) is 12.2. The van der Waals surface area contributed by atoms with Gasteiger partial charge in [0.1, 0.15) is 41.4 Å². The molecule has 0 bridgehead atoms. The number of methoxy groups -OCH3 is 1. The maximum Gasteiger partial charge on any atom is 0.346 e. The molecular formula is C28H27N7O4. The molecule has 0 saturated carbocycles. The van der Waals surface area contributed by atoms with Crippen molar-refractivity contribution in [2.24, 2.45) is 0 Å². The summed E-state index contributed by atoms with van der Waals surface area (Å²) in [6.45, 7) is 3.70. The molecule has 0 radical (unpaired) electrons. The Morgan fingerprint density at radius 1 is 1.08 bits per heavy atom. The van der Waals surface area contributed by atoms with Gasteiger partial charge in [-0.1, -0.05) is 30.3 Å². The SMILES string of the molecule is COc1ccc(COC(=O)c2c(N)ncnc2NC(C)c2nn3ccc(C)c3c(=O)n2-c2ccccc2)cc1. The van der Waals surface area contributed by atoms with Crippen molar-refractivity contribution >= 4 is 23.1 Å². The number of nitrogens with zero attached hydrogens (tertiary/aromatic N) is 5. The molecule has 2 aromatic carbocycles. The number of aryl methyl sites for hydroxylation is 1. The van der Waals surface area contributed by atoms with Crippen LogP contribution in [0.2, 0.25) is 0 Å². The number of hydrogen-bond donors (Lipinski definition) is 2. The fraction of sp³-hybridized carbons (Fsp3) is 0.179. The number of ether oxygens (including phenoxy) is 2. The number of fused-ring (bicyclic) bond motifs is 1. The summed E-state index contributed by atoms with van der Waals surface area (Å²) in [7, 11) is 1.58. The summed E-state index contributed by atoms with van der Waals surface area (Å²) >= 11 is 0. The third-order valence-corrected chi connectivity index (χ3v) is 6.28. The van der Waals surface area contributed by atoms with Crippen molar-refractivity contribution in [1.82, 2.24) is 24.1 Å². The maximum atomic E-state index is 13.6. The van der Waals surface area contributed by atoms with Gasteiger partial charge in [-0.15, -0.1) is 0 Å². The van der Waals surface area contributed by atoms with Crippen LogP contribution in [0.15, 0.2) is 78.0 Å². The third-order valence-electron chi connectivity index (χ3n) is 6.28. The lowest BCUT2D eigenvalue weighted by molar-refractivity contribution is 0.0474. The maximum absolute atomic E-state index is 13.6. The first-order chi connectivity index (χ1) is 18.9. The number of para-hydroxylation sites is 1.